The molecule has 70 valence electrons. The topological polar surface area (TPSA) is 89.6 Å². The molecule has 0 aliphatic carbocycles. The predicted octanol–water partition coefficient (Wildman–Crippen LogP) is 0.219. The van der Waals surface area contributed by atoms with E-state index in [4.69, 9.17) is 5.84 Å². The van der Waals surface area contributed by atoms with Gasteiger partial charge in [0.2, 0.25) is 0 Å². The molecule has 2 aromatic rings. The van der Waals surface area contributed by atoms with Crippen LogP contribution in [0.2, 0.25) is 0 Å². The van der Waals surface area contributed by atoms with Crippen molar-refractivity contribution in [2.45, 2.75) is 0 Å². The Morgan fingerprint density at radius 1 is 1.07 bits per heavy atom. The summed E-state index contributed by atoms with van der Waals surface area (Å²) in [4.78, 5) is 15.9. The Morgan fingerprint density at radius 2 is 1.79 bits per heavy atom. The van der Waals surface area contributed by atoms with Crippen molar-refractivity contribution in [3.63, 3.8) is 0 Å². The summed E-state index contributed by atoms with van der Waals surface area (Å²) in [5.41, 5.74) is 3.87. The van der Waals surface area contributed by atoms with Crippen LogP contribution in [0.3, 0.4) is 0 Å². The van der Waals surface area contributed by atoms with Crippen molar-refractivity contribution < 1.29 is 0 Å². The van der Waals surface area contributed by atoms with Gasteiger partial charge >= 0.3 is 0 Å². The summed E-state index contributed by atoms with van der Waals surface area (Å²) < 4.78 is 0. The molecule has 3 N–H and O–H groups in total. The van der Waals surface area contributed by atoms with E-state index in [-0.39, 0.29) is 0 Å². The Balaban J connectivity index is 2.51. The molecule has 2 heterocycles. The van der Waals surface area contributed by atoms with Gasteiger partial charge in [-0.15, -0.1) is 0 Å². The quantitative estimate of drug-likeness (QED) is 0.517. The average molecular weight is 188 g/mol. The first kappa shape index (κ1) is 8.52. The fraction of sp³-hybridized carbons (Fsp3) is 0. The van der Waals surface area contributed by atoms with Gasteiger partial charge in [-0.25, -0.2) is 20.8 Å². The zero-order valence-corrected chi connectivity index (χ0v) is 7.25. The van der Waals surface area contributed by atoms with Gasteiger partial charge in [0.05, 0.1) is 0 Å². The minimum Gasteiger partial charge on any atom is -0.307 e. The Morgan fingerprint density at radius 3 is 2.50 bits per heavy atom. The first-order chi connectivity index (χ1) is 6.92. The molecule has 0 aromatic carbocycles. The maximum Gasteiger partial charge on any atom is 0.166 e. The van der Waals surface area contributed by atoms with Gasteiger partial charge < -0.3 is 5.43 Å². The van der Waals surface area contributed by atoms with Crippen LogP contribution in [0.1, 0.15) is 0 Å². The number of hydrogen-bond acceptors (Lipinski definition) is 6. The predicted molar refractivity (Wildman–Crippen MR) is 50.9 cm³/mol. The summed E-state index contributed by atoms with van der Waals surface area (Å²) in [6.45, 7) is 0. The summed E-state index contributed by atoms with van der Waals surface area (Å²) in [7, 11) is 0. The monoisotopic (exact) mass is 188 g/mol. The molecule has 14 heavy (non-hydrogen) atoms. The fourth-order valence-electron chi connectivity index (χ4n) is 1.08. The van der Waals surface area contributed by atoms with Crippen LogP contribution in [0.4, 0.5) is 5.82 Å². The zero-order chi connectivity index (χ0) is 9.80. The highest BCUT2D eigenvalue weighted by Crippen LogP contribution is 2.20. The summed E-state index contributed by atoms with van der Waals surface area (Å²) >= 11 is 0. The maximum absolute atomic E-state index is 5.29. The van der Waals surface area contributed by atoms with E-state index in [2.05, 4.69) is 25.4 Å². The number of nitrogens with zero attached hydrogens (tertiary/aromatic N) is 4. The van der Waals surface area contributed by atoms with Crippen LogP contribution in [0, 0.1) is 0 Å². The molecular formula is C8H8N6. The molecule has 0 bridgehead atoms. The molecule has 0 saturated heterocycles. The van der Waals surface area contributed by atoms with Crippen molar-refractivity contribution in [2.75, 3.05) is 5.43 Å². The zero-order valence-electron chi connectivity index (χ0n) is 7.25. The highest BCUT2D eigenvalue weighted by Gasteiger charge is 2.05. The van der Waals surface area contributed by atoms with Crippen molar-refractivity contribution in [3.05, 3.63) is 31.1 Å². The number of anilines is 1. The van der Waals surface area contributed by atoms with Gasteiger partial charge in [0.15, 0.2) is 5.82 Å². The molecule has 0 radical (unpaired) electrons. The van der Waals surface area contributed by atoms with E-state index in [1.54, 1.807) is 24.8 Å². The summed E-state index contributed by atoms with van der Waals surface area (Å²) in [6.07, 6.45) is 7.90. The second-order valence-electron chi connectivity index (χ2n) is 2.53. The number of nitrogens with one attached hydrogen (secondary N) is 1. The minimum atomic E-state index is 0.502. The SMILES string of the molecule is NNc1nccnc1-c1cncnc1. The van der Waals surface area contributed by atoms with E-state index >= 15 is 0 Å². The Labute approximate surface area is 80.2 Å². The first-order valence-corrected chi connectivity index (χ1v) is 3.95. The van der Waals surface area contributed by atoms with E-state index in [0.29, 0.717) is 11.5 Å². The Kier molecular flexibility index (Phi) is 2.28. The standard InChI is InChI=1S/C8H8N6/c9-14-8-7(12-1-2-13-8)6-3-10-5-11-4-6/h1-5H,9H2,(H,13,14). The van der Waals surface area contributed by atoms with Gasteiger partial charge in [-0.05, 0) is 0 Å². The molecule has 0 atom stereocenters. The second-order valence-corrected chi connectivity index (χ2v) is 2.53. The molecule has 0 spiro atoms. The lowest BCUT2D eigenvalue weighted by Gasteiger charge is -2.04. The van der Waals surface area contributed by atoms with Gasteiger partial charge in [0.1, 0.15) is 12.0 Å². The van der Waals surface area contributed by atoms with Crippen LogP contribution in [0.5, 0.6) is 0 Å². The largest absolute Gasteiger partial charge is 0.307 e. The van der Waals surface area contributed by atoms with Gasteiger partial charge in [0, 0.05) is 30.4 Å². The highest BCUT2D eigenvalue weighted by atomic mass is 15.3. The molecule has 2 rings (SSSR count). The molecule has 6 heteroatoms. The van der Waals surface area contributed by atoms with E-state index < -0.39 is 0 Å². The molecule has 0 aliphatic rings. The normalized spacial score (nSPS) is 9.79. The lowest BCUT2D eigenvalue weighted by Crippen LogP contribution is -2.10. The van der Waals surface area contributed by atoms with Gasteiger partial charge in [-0.3, -0.25) is 4.98 Å². The van der Waals surface area contributed by atoms with Crippen molar-refractivity contribution >= 4 is 5.82 Å². The number of rotatable bonds is 2. The van der Waals surface area contributed by atoms with Crippen molar-refractivity contribution in [1.29, 1.82) is 0 Å². The number of aromatic nitrogens is 4. The first-order valence-electron chi connectivity index (χ1n) is 3.95. The van der Waals surface area contributed by atoms with E-state index in [1.165, 1.54) is 6.33 Å². The van der Waals surface area contributed by atoms with Crippen molar-refractivity contribution in [2.24, 2.45) is 5.84 Å². The number of hydrazine groups is 1. The van der Waals surface area contributed by atoms with E-state index in [9.17, 15) is 0 Å². The van der Waals surface area contributed by atoms with Crippen molar-refractivity contribution in [1.82, 2.24) is 19.9 Å². The Hall–Kier alpha value is -2.08. The number of nitrogen functional groups attached to an aromatic ring is 1. The summed E-state index contributed by atoms with van der Waals surface area (Å²) in [6, 6.07) is 0. The molecule has 0 amide bonds. The molecular weight excluding hydrogens is 180 g/mol. The molecule has 0 aliphatic heterocycles. The maximum atomic E-state index is 5.29. The Bertz CT molecular complexity index is 415. The van der Waals surface area contributed by atoms with E-state index in [1.807, 2.05) is 0 Å². The molecule has 0 saturated carbocycles. The third-order valence-electron chi connectivity index (χ3n) is 1.67. The van der Waals surface area contributed by atoms with Crippen LogP contribution in [0.25, 0.3) is 11.3 Å². The van der Waals surface area contributed by atoms with Crippen LogP contribution < -0.4 is 11.3 Å². The third kappa shape index (κ3) is 1.50. The number of nitrogens with two attached hydrogens (primary N) is 1. The molecule has 0 fully saturated rings. The van der Waals surface area contributed by atoms with Crippen LogP contribution >= 0.6 is 0 Å². The van der Waals surface area contributed by atoms with Crippen LogP contribution in [-0.2, 0) is 0 Å². The van der Waals surface area contributed by atoms with Gasteiger partial charge in [0.25, 0.3) is 0 Å². The minimum absolute atomic E-state index is 0.502. The van der Waals surface area contributed by atoms with Crippen LogP contribution in [0.15, 0.2) is 31.1 Å². The third-order valence-corrected chi connectivity index (χ3v) is 1.67. The lowest BCUT2D eigenvalue weighted by atomic mass is 10.2. The molecule has 2 aromatic heterocycles. The number of hydrogen-bond donors (Lipinski definition) is 2. The van der Waals surface area contributed by atoms with Gasteiger partial charge in [-0.2, -0.15) is 0 Å². The summed E-state index contributed by atoms with van der Waals surface area (Å²) in [5, 5.41) is 0. The fourth-order valence-corrected chi connectivity index (χ4v) is 1.08. The van der Waals surface area contributed by atoms with E-state index in [0.717, 1.165) is 5.56 Å². The smallest absolute Gasteiger partial charge is 0.166 e. The summed E-state index contributed by atoms with van der Waals surface area (Å²) in [5.74, 6) is 5.80. The van der Waals surface area contributed by atoms with Crippen molar-refractivity contribution in [3.8, 4) is 11.3 Å². The second kappa shape index (κ2) is 3.75. The molecule has 6 nitrogen and oxygen atoms in total. The highest BCUT2D eigenvalue weighted by molar-refractivity contribution is 5.69. The molecule has 0 unspecified atom stereocenters. The average Bonchev–Trinajstić information content (AvgIpc) is 2.30. The van der Waals surface area contributed by atoms with Crippen LogP contribution in [-0.4, -0.2) is 19.9 Å². The van der Waals surface area contributed by atoms with Gasteiger partial charge in [-0.1, -0.05) is 0 Å². The lowest BCUT2D eigenvalue weighted by molar-refractivity contribution is 1.13.